The number of aryl methyl sites for hydroxylation is 1. The molecule has 146 valence electrons. The van der Waals surface area contributed by atoms with Gasteiger partial charge in [-0.2, -0.15) is 5.10 Å². The number of rotatable bonds is 8. The number of nitrogens with one attached hydrogen (secondary N) is 2. The SMILES string of the molecule is CCOc1ccccc1C=NNC(=O)CNC(=O)c1ccc(C)c([N+](=O)[O-])c1. The summed E-state index contributed by atoms with van der Waals surface area (Å²) < 4.78 is 5.45. The molecule has 2 aromatic rings. The first kappa shape index (κ1) is 20.6. The van der Waals surface area contributed by atoms with Crippen molar-refractivity contribution in [3.8, 4) is 5.75 Å². The lowest BCUT2D eigenvalue weighted by atomic mass is 10.1. The number of carbonyl (C=O) groups is 2. The van der Waals surface area contributed by atoms with Crippen molar-refractivity contribution < 1.29 is 19.2 Å². The van der Waals surface area contributed by atoms with Crippen LogP contribution in [0.3, 0.4) is 0 Å². The molecule has 0 aromatic heterocycles. The molecule has 0 fully saturated rings. The monoisotopic (exact) mass is 384 g/mol. The number of nitro groups is 1. The van der Waals surface area contributed by atoms with Crippen LogP contribution >= 0.6 is 0 Å². The highest BCUT2D eigenvalue weighted by atomic mass is 16.6. The Hall–Kier alpha value is -3.75. The molecule has 0 aliphatic rings. The third-order valence-corrected chi connectivity index (χ3v) is 3.69. The van der Waals surface area contributed by atoms with Gasteiger partial charge in [-0.15, -0.1) is 0 Å². The summed E-state index contributed by atoms with van der Waals surface area (Å²) in [5.74, 6) is -0.499. The van der Waals surface area contributed by atoms with Crippen molar-refractivity contribution >= 4 is 23.7 Å². The zero-order chi connectivity index (χ0) is 20.5. The lowest BCUT2D eigenvalue weighted by Crippen LogP contribution is -2.34. The van der Waals surface area contributed by atoms with Crippen LogP contribution in [-0.2, 0) is 4.79 Å². The van der Waals surface area contributed by atoms with Crippen LogP contribution in [0.5, 0.6) is 5.75 Å². The summed E-state index contributed by atoms with van der Waals surface area (Å²) in [5, 5.41) is 17.2. The Morgan fingerprint density at radius 1 is 1.25 bits per heavy atom. The Morgan fingerprint density at radius 2 is 2.00 bits per heavy atom. The zero-order valence-corrected chi connectivity index (χ0v) is 15.5. The number of ether oxygens (including phenoxy) is 1. The molecule has 0 aliphatic heterocycles. The first-order valence-electron chi connectivity index (χ1n) is 8.49. The molecule has 0 bridgehead atoms. The van der Waals surface area contributed by atoms with E-state index in [4.69, 9.17) is 4.74 Å². The Bertz CT molecular complexity index is 911. The van der Waals surface area contributed by atoms with Gasteiger partial charge >= 0.3 is 0 Å². The van der Waals surface area contributed by atoms with E-state index in [1.165, 1.54) is 24.4 Å². The molecule has 2 aromatic carbocycles. The molecule has 28 heavy (non-hydrogen) atoms. The average molecular weight is 384 g/mol. The molecule has 0 atom stereocenters. The number of nitro benzene ring substituents is 1. The second-order valence-electron chi connectivity index (χ2n) is 5.71. The first-order chi connectivity index (χ1) is 13.4. The normalized spacial score (nSPS) is 10.5. The summed E-state index contributed by atoms with van der Waals surface area (Å²) in [6, 6.07) is 11.3. The van der Waals surface area contributed by atoms with E-state index in [1.807, 2.05) is 19.1 Å². The molecule has 9 nitrogen and oxygen atoms in total. The number of nitrogens with zero attached hydrogens (tertiary/aromatic N) is 2. The summed E-state index contributed by atoms with van der Waals surface area (Å²) in [4.78, 5) is 34.3. The van der Waals surface area contributed by atoms with Crippen LogP contribution in [0.15, 0.2) is 47.6 Å². The molecular weight excluding hydrogens is 364 g/mol. The van der Waals surface area contributed by atoms with E-state index in [2.05, 4.69) is 15.8 Å². The molecule has 0 saturated carbocycles. The zero-order valence-electron chi connectivity index (χ0n) is 15.5. The molecule has 0 aliphatic carbocycles. The van der Waals surface area contributed by atoms with E-state index in [1.54, 1.807) is 19.1 Å². The topological polar surface area (TPSA) is 123 Å². The van der Waals surface area contributed by atoms with E-state index in [0.717, 1.165) is 0 Å². The van der Waals surface area contributed by atoms with Crippen LogP contribution < -0.4 is 15.5 Å². The highest BCUT2D eigenvalue weighted by Crippen LogP contribution is 2.19. The summed E-state index contributed by atoms with van der Waals surface area (Å²) in [7, 11) is 0. The van der Waals surface area contributed by atoms with Gasteiger partial charge < -0.3 is 10.1 Å². The summed E-state index contributed by atoms with van der Waals surface area (Å²) in [5.41, 5.74) is 3.38. The number of hydrogen-bond donors (Lipinski definition) is 2. The van der Waals surface area contributed by atoms with Gasteiger partial charge in [-0.1, -0.05) is 18.2 Å². The van der Waals surface area contributed by atoms with Crippen molar-refractivity contribution in [2.45, 2.75) is 13.8 Å². The molecule has 0 radical (unpaired) electrons. The van der Waals surface area contributed by atoms with Crippen LogP contribution in [0.2, 0.25) is 0 Å². The largest absolute Gasteiger partial charge is 0.493 e. The fraction of sp³-hybridized carbons (Fsp3) is 0.211. The Morgan fingerprint density at radius 3 is 2.71 bits per heavy atom. The van der Waals surface area contributed by atoms with Gasteiger partial charge in [0.25, 0.3) is 17.5 Å². The Balaban J connectivity index is 1.90. The van der Waals surface area contributed by atoms with Crippen LogP contribution in [0.25, 0.3) is 0 Å². The Kier molecular flexibility index (Phi) is 7.21. The minimum atomic E-state index is -0.594. The molecule has 0 spiro atoms. The summed E-state index contributed by atoms with van der Waals surface area (Å²) in [6.45, 7) is 3.61. The van der Waals surface area contributed by atoms with Crippen LogP contribution in [0.1, 0.15) is 28.4 Å². The van der Waals surface area contributed by atoms with Crippen molar-refractivity contribution in [1.82, 2.24) is 10.7 Å². The van der Waals surface area contributed by atoms with Gasteiger partial charge in [0.2, 0.25) is 0 Å². The number of hydrazone groups is 1. The number of benzene rings is 2. The first-order valence-corrected chi connectivity index (χ1v) is 8.49. The van der Waals surface area contributed by atoms with Crippen molar-refractivity contribution in [2.75, 3.05) is 13.2 Å². The summed E-state index contributed by atoms with van der Waals surface area (Å²) >= 11 is 0. The van der Waals surface area contributed by atoms with E-state index >= 15 is 0 Å². The molecule has 2 N–H and O–H groups in total. The minimum Gasteiger partial charge on any atom is -0.493 e. The fourth-order valence-electron chi connectivity index (χ4n) is 2.30. The van der Waals surface area contributed by atoms with Gasteiger partial charge in [0.15, 0.2) is 0 Å². The number of carbonyl (C=O) groups excluding carboxylic acids is 2. The van der Waals surface area contributed by atoms with E-state index in [9.17, 15) is 19.7 Å². The lowest BCUT2D eigenvalue weighted by Gasteiger charge is -2.06. The fourth-order valence-corrected chi connectivity index (χ4v) is 2.30. The summed E-state index contributed by atoms with van der Waals surface area (Å²) in [6.07, 6.45) is 1.44. The smallest absolute Gasteiger partial charge is 0.273 e. The van der Waals surface area contributed by atoms with Crippen molar-refractivity contribution in [3.05, 3.63) is 69.3 Å². The highest BCUT2D eigenvalue weighted by molar-refractivity contribution is 5.97. The maximum Gasteiger partial charge on any atom is 0.273 e. The van der Waals surface area contributed by atoms with Gasteiger partial charge in [-0.3, -0.25) is 19.7 Å². The maximum absolute atomic E-state index is 12.1. The van der Waals surface area contributed by atoms with Crippen molar-refractivity contribution in [1.29, 1.82) is 0 Å². The van der Waals surface area contributed by atoms with Crippen molar-refractivity contribution in [3.63, 3.8) is 0 Å². The number of hydrogen-bond acceptors (Lipinski definition) is 6. The average Bonchev–Trinajstić information content (AvgIpc) is 2.67. The molecule has 0 saturated heterocycles. The van der Waals surface area contributed by atoms with Crippen LogP contribution in [-0.4, -0.2) is 36.1 Å². The van der Waals surface area contributed by atoms with E-state index in [-0.39, 0.29) is 17.8 Å². The Labute approximate surface area is 161 Å². The second-order valence-corrected chi connectivity index (χ2v) is 5.71. The molecule has 0 heterocycles. The quantitative estimate of drug-likeness (QED) is 0.410. The molecule has 0 unspecified atom stereocenters. The minimum absolute atomic E-state index is 0.0965. The predicted octanol–water partition coefficient (Wildman–Crippen LogP) is 2.18. The third-order valence-electron chi connectivity index (χ3n) is 3.69. The number of amides is 2. The van der Waals surface area contributed by atoms with E-state index in [0.29, 0.717) is 23.5 Å². The van der Waals surface area contributed by atoms with E-state index < -0.39 is 16.7 Å². The standard InChI is InChI=1S/C19H20N4O5/c1-3-28-17-7-5-4-6-15(17)11-21-22-18(24)12-20-19(25)14-9-8-13(2)16(10-14)23(26)27/h4-11H,3,12H2,1-2H3,(H,20,25)(H,22,24). The van der Waals surface area contributed by atoms with Gasteiger partial charge in [-0.25, -0.2) is 5.43 Å². The molecule has 9 heteroatoms. The second kappa shape index (κ2) is 9.81. The van der Waals surface area contributed by atoms with Crippen molar-refractivity contribution in [2.24, 2.45) is 5.10 Å². The molecular formula is C19H20N4O5. The van der Waals surface area contributed by atoms with Gasteiger partial charge in [0, 0.05) is 22.8 Å². The van der Waals surface area contributed by atoms with Gasteiger partial charge in [0.05, 0.1) is 24.3 Å². The highest BCUT2D eigenvalue weighted by Gasteiger charge is 2.15. The number of para-hydroxylation sites is 1. The molecule has 2 amide bonds. The van der Waals surface area contributed by atoms with Crippen LogP contribution in [0, 0.1) is 17.0 Å². The van der Waals surface area contributed by atoms with Gasteiger partial charge in [0.1, 0.15) is 5.75 Å². The van der Waals surface area contributed by atoms with Crippen LogP contribution in [0.4, 0.5) is 5.69 Å². The lowest BCUT2D eigenvalue weighted by molar-refractivity contribution is -0.385. The third kappa shape index (κ3) is 5.63. The molecule has 2 rings (SSSR count). The van der Waals surface area contributed by atoms with Gasteiger partial charge in [-0.05, 0) is 32.0 Å². The maximum atomic E-state index is 12.1. The predicted molar refractivity (Wildman–Crippen MR) is 104 cm³/mol.